The van der Waals surface area contributed by atoms with Crippen LogP contribution in [0.1, 0.15) is 12.0 Å². The van der Waals surface area contributed by atoms with Gasteiger partial charge in [-0.25, -0.2) is 4.39 Å². The number of aromatic hydroxyl groups is 1. The van der Waals surface area contributed by atoms with Crippen molar-refractivity contribution < 1.29 is 14.3 Å². The topological polar surface area (TPSA) is 37.3 Å². The number of hydrogen-bond acceptors (Lipinski definition) is 2. The minimum Gasteiger partial charge on any atom is -0.508 e. The average Bonchev–Trinajstić information content (AvgIpc) is 1.99. The molecule has 0 aromatic heterocycles. The molecule has 0 saturated heterocycles. The first-order valence-corrected chi connectivity index (χ1v) is 3.64. The lowest BCUT2D eigenvalue weighted by molar-refractivity contribution is -0.107. The van der Waals surface area contributed by atoms with Crippen LogP contribution in [0, 0.1) is 5.82 Å². The standard InChI is InChI=1S/C9H9FO2/c10-8-4-7(2-1-3-11)5-9(12)6-8/h3-6,12H,1-2H2. The Morgan fingerprint density at radius 1 is 1.42 bits per heavy atom. The first kappa shape index (κ1) is 8.71. The van der Waals surface area contributed by atoms with E-state index >= 15 is 0 Å². The van der Waals surface area contributed by atoms with E-state index in [-0.39, 0.29) is 5.75 Å². The molecule has 2 nitrogen and oxygen atoms in total. The van der Waals surface area contributed by atoms with Crippen LogP contribution in [0.2, 0.25) is 0 Å². The summed E-state index contributed by atoms with van der Waals surface area (Å²) in [5.41, 5.74) is 0.639. The fraction of sp³-hybridized carbons (Fsp3) is 0.222. The van der Waals surface area contributed by atoms with Crippen molar-refractivity contribution in [3.05, 3.63) is 29.6 Å². The Morgan fingerprint density at radius 2 is 2.17 bits per heavy atom. The summed E-state index contributed by atoms with van der Waals surface area (Å²) in [5, 5.41) is 8.96. The molecule has 0 radical (unpaired) electrons. The Labute approximate surface area is 69.6 Å². The van der Waals surface area contributed by atoms with E-state index in [9.17, 15) is 9.18 Å². The summed E-state index contributed by atoms with van der Waals surface area (Å²) in [4.78, 5) is 9.99. The van der Waals surface area contributed by atoms with Gasteiger partial charge < -0.3 is 9.90 Å². The van der Waals surface area contributed by atoms with Gasteiger partial charge in [-0.1, -0.05) is 0 Å². The number of carbonyl (C=O) groups is 1. The molecule has 0 saturated carbocycles. The quantitative estimate of drug-likeness (QED) is 0.697. The van der Waals surface area contributed by atoms with Gasteiger partial charge in [-0.05, 0) is 24.1 Å². The number of carbonyl (C=O) groups excluding carboxylic acids is 1. The molecule has 0 spiro atoms. The molecule has 12 heavy (non-hydrogen) atoms. The molecule has 0 aliphatic rings. The third-order valence-corrected chi connectivity index (χ3v) is 1.49. The van der Waals surface area contributed by atoms with E-state index in [4.69, 9.17) is 5.11 Å². The lowest BCUT2D eigenvalue weighted by Crippen LogP contribution is -1.87. The van der Waals surface area contributed by atoms with Crippen molar-refractivity contribution in [1.82, 2.24) is 0 Å². The van der Waals surface area contributed by atoms with Crippen molar-refractivity contribution >= 4 is 6.29 Å². The Balaban J connectivity index is 2.78. The summed E-state index contributed by atoms with van der Waals surface area (Å²) >= 11 is 0. The van der Waals surface area contributed by atoms with Gasteiger partial charge in [0, 0.05) is 12.5 Å². The summed E-state index contributed by atoms with van der Waals surface area (Å²) in [6, 6.07) is 3.79. The minimum atomic E-state index is -0.476. The second kappa shape index (κ2) is 3.85. The average molecular weight is 168 g/mol. The van der Waals surface area contributed by atoms with Gasteiger partial charge in [-0.15, -0.1) is 0 Å². The summed E-state index contributed by atoms with van der Waals surface area (Å²) in [7, 11) is 0. The smallest absolute Gasteiger partial charge is 0.127 e. The largest absolute Gasteiger partial charge is 0.508 e. The highest BCUT2D eigenvalue weighted by Gasteiger charge is 1.98. The Bertz CT molecular complexity index is 264. The molecule has 0 aliphatic heterocycles. The highest BCUT2D eigenvalue weighted by molar-refractivity contribution is 5.50. The fourth-order valence-corrected chi connectivity index (χ4v) is 1.00. The van der Waals surface area contributed by atoms with Crippen LogP contribution in [0.5, 0.6) is 5.75 Å². The molecule has 0 bridgehead atoms. The normalized spacial score (nSPS) is 9.75. The number of phenols is 1. The molecule has 1 N–H and O–H groups in total. The highest BCUT2D eigenvalue weighted by Crippen LogP contribution is 2.15. The van der Waals surface area contributed by atoms with Crippen LogP contribution in [0.3, 0.4) is 0 Å². The lowest BCUT2D eigenvalue weighted by atomic mass is 10.1. The fourth-order valence-electron chi connectivity index (χ4n) is 1.00. The van der Waals surface area contributed by atoms with Crippen LogP contribution in [-0.4, -0.2) is 11.4 Å². The van der Waals surface area contributed by atoms with Crippen LogP contribution in [-0.2, 0) is 11.2 Å². The molecule has 64 valence electrons. The summed E-state index contributed by atoms with van der Waals surface area (Å²) in [6.07, 6.45) is 1.58. The summed E-state index contributed by atoms with van der Waals surface area (Å²) in [5.74, 6) is -0.577. The molecular formula is C9H9FO2. The van der Waals surface area contributed by atoms with Gasteiger partial charge >= 0.3 is 0 Å². The number of aldehydes is 1. The molecule has 1 aromatic rings. The number of halogens is 1. The Kier molecular flexibility index (Phi) is 2.80. The van der Waals surface area contributed by atoms with E-state index in [1.807, 2.05) is 0 Å². The van der Waals surface area contributed by atoms with Gasteiger partial charge in [-0.2, -0.15) is 0 Å². The van der Waals surface area contributed by atoms with Gasteiger partial charge in [0.15, 0.2) is 0 Å². The molecule has 0 unspecified atom stereocenters. The molecular weight excluding hydrogens is 159 g/mol. The van der Waals surface area contributed by atoms with Gasteiger partial charge in [0.2, 0.25) is 0 Å². The van der Waals surface area contributed by atoms with Gasteiger partial charge in [0.05, 0.1) is 0 Å². The molecule has 0 heterocycles. The molecule has 0 aliphatic carbocycles. The third-order valence-electron chi connectivity index (χ3n) is 1.49. The monoisotopic (exact) mass is 168 g/mol. The van der Waals surface area contributed by atoms with E-state index < -0.39 is 5.82 Å². The van der Waals surface area contributed by atoms with Crippen molar-refractivity contribution in [3.8, 4) is 5.75 Å². The number of benzene rings is 1. The van der Waals surface area contributed by atoms with E-state index in [0.29, 0.717) is 18.4 Å². The molecule has 3 heteroatoms. The van der Waals surface area contributed by atoms with Crippen LogP contribution in [0.15, 0.2) is 18.2 Å². The van der Waals surface area contributed by atoms with E-state index in [1.54, 1.807) is 0 Å². The van der Waals surface area contributed by atoms with Crippen LogP contribution in [0.4, 0.5) is 4.39 Å². The maximum atomic E-state index is 12.6. The van der Waals surface area contributed by atoms with E-state index in [1.165, 1.54) is 12.1 Å². The minimum absolute atomic E-state index is 0.101. The SMILES string of the molecule is O=CCCc1cc(O)cc(F)c1. The van der Waals surface area contributed by atoms with Gasteiger partial charge in [0.25, 0.3) is 0 Å². The third kappa shape index (κ3) is 2.34. The second-order valence-corrected chi connectivity index (χ2v) is 2.52. The van der Waals surface area contributed by atoms with Crippen molar-refractivity contribution in [3.63, 3.8) is 0 Å². The van der Waals surface area contributed by atoms with Crippen molar-refractivity contribution in [1.29, 1.82) is 0 Å². The summed E-state index contributed by atoms with van der Waals surface area (Å²) < 4.78 is 12.6. The van der Waals surface area contributed by atoms with Crippen LogP contribution in [0.25, 0.3) is 0 Å². The lowest BCUT2D eigenvalue weighted by Gasteiger charge is -1.98. The first-order valence-electron chi connectivity index (χ1n) is 3.64. The Hall–Kier alpha value is -1.38. The predicted molar refractivity (Wildman–Crippen MR) is 42.4 cm³/mol. The molecule has 0 amide bonds. The molecule has 0 atom stereocenters. The molecule has 0 fully saturated rings. The van der Waals surface area contributed by atoms with E-state index in [2.05, 4.69) is 0 Å². The first-order chi connectivity index (χ1) is 5.72. The molecule has 1 aromatic carbocycles. The highest BCUT2D eigenvalue weighted by atomic mass is 19.1. The van der Waals surface area contributed by atoms with Crippen LogP contribution < -0.4 is 0 Å². The zero-order valence-electron chi connectivity index (χ0n) is 6.46. The van der Waals surface area contributed by atoms with E-state index in [0.717, 1.165) is 12.4 Å². The zero-order valence-corrected chi connectivity index (χ0v) is 6.46. The van der Waals surface area contributed by atoms with Gasteiger partial charge in [0.1, 0.15) is 17.9 Å². The van der Waals surface area contributed by atoms with Gasteiger partial charge in [-0.3, -0.25) is 0 Å². The Morgan fingerprint density at radius 3 is 2.75 bits per heavy atom. The number of phenolic OH excluding ortho intramolecular Hbond substituents is 1. The number of rotatable bonds is 3. The zero-order chi connectivity index (χ0) is 8.97. The van der Waals surface area contributed by atoms with Crippen molar-refractivity contribution in [2.45, 2.75) is 12.8 Å². The maximum Gasteiger partial charge on any atom is 0.127 e. The number of aryl methyl sites for hydroxylation is 1. The van der Waals surface area contributed by atoms with Crippen molar-refractivity contribution in [2.75, 3.05) is 0 Å². The second-order valence-electron chi connectivity index (χ2n) is 2.52. The number of hydrogen-bond donors (Lipinski definition) is 1. The molecule has 1 rings (SSSR count). The maximum absolute atomic E-state index is 12.6. The summed E-state index contributed by atoms with van der Waals surface area (Å²) in [6.45, 7) is 0. The predicted octanol–water partition coefficient (Wildman–Crippen LogP) is 1.66. The van der Waals surface area contributed by atoms with Crippen molar-refractivity contribution in [2.24, 2.45) is 0 Å². The van der Waals surface area contributed by atoms with Crippen LogP contribution >= 0.6 is 0 Å².